The van der Waals surface area contributed by atoms with Crippen LogP contribution in [0.2, 0.25) is 0 Å². The van der Waals surface area contributed by atoms with Crippen molar-refractivity contribution in [3.63, 3.8) is 0 Å². The molecule has 0 aliphatic heterocycles. The molecule has 26 heavy (non-hydrogen) atoms. The highest BCUT2D eigenvalue weighted by Gasteiger charge is 2.10. The normalized spacial score (nSPS) is 10.7. The van der Waals surface area contributed by atoms with Crippen molar-refractivity contribution in [1.82, 2.24) is 15.8 Å². The molecule has 0 unspecified atom stereocenters. The Hall–Kier alpha value is -2.54. The SMILES string of the molecule is O=C(NO)c1ccc(-c2ccc(CNCCCc3ccccc3)cn2)s1. The van der Waals surface area contributed by atoms with Gasteiger partial charge in [-0.15, -0.1) is 11.3 Å². The molecule has 134 valence electrons. The lowest BCUT2D eigenvalue weighted by atomic mass is 10.1. The fourth-order valence-electron chi connectivity index (χ4n) is 2.62. The van der Waals surface area contributed by atoms with Gasteiger partial charge in [0.05, 0.1) is 15.4 Å². The second-order valence-corrected chi connectivity index (χ2v) is 7.01. The van der Waals surface area contributed by atoms with E-state index in [0.29, 0.717) is 4.88 Å². The summed E-state index contributed by atoms with van der Waals surface area (Å²) in [5.74, 6) is -0.502. The van der Waals surface area contributed by atoms with E-state index in [1.54, 1.807) is 11.5 Å². The van der Waals surface area contributed by atoms with Crippen LogP contribution in [-0.4, -0.2) is 22.6 Å². The number of nitrogens with one attached hydrogen (secondary N) is 2. The smallest absolute Gasteiger partial charge is 0.284 e. The van der Waals surface area contributed by atoms with Gasteiger partial charge in [0, 0.05) is 12.7 Å². The van der Waals surface area contributed by atoms with Gasteiger partial charge in [-0.25, -0.2) is 5.48 Å². The van der Waals surface area contributed by atoms with Crippen LogP contribution in [0.1, 0.15) is 27.2 Å². The van der Waals surface area contributed by atoms with Gasteiger partial charge in [-0.2, -0.15) is 0 Å². The van der Waals surface area contributed by atoms with Crippen molar-refractivity contribution in [3.8, 4) is 10.6 Å². The molecule has 5 nitrogen and oxygen atoms in total. The Morgan fingerprint density at radius 2 is 1.88 bits per heavy atom. The van der Waals surface area contributed by atoms with Crippen LogP contribution in [0, 0.1) is 0 Å². The zero-order chi connectivity index (χ0) is 18.2. The zero-order valence-electron chi connectivity index (χ0n) is 14.3. The third-order valence-electron chi connectivity index (χ3n) is 4.00. The molecule has 0 aliphatic rings. The highest BCUT2D eigenvalue weighted by molar-refractivity contribution is 7.17. The predicted molar refractivity (Wildman–Crippen MR) is 103 cm³/mol. The number of thiophene rings is 1. The number of carbonyl (C=O) groups excluding carboxylic acids is 1. The number of amides is 1. The van der Waals surface area contributed by atoms with E-state index in [9.17, 15) is 4.79 Å². The number of rotatable bonds is 8. The van der Waals surface area contributed by atoms with Gasteiger partial charge >= 0.3 is 0 Å². The van der Waals surface area contributed by atoms with Crippen LogP contribution in [-0.2, 0) is 13.0 Å². The van der Waals surface area contributed by atoms with Crippen LogP contribution in [0.25, 0.3) is 10.6 Å². The van der Waals surface area contributed by atoms with Crippen LogP contribution < -0.4 is 10.8 Å². The molecule has 3 aromatic rings. The van der Waals surface area contributed by atoms with Crippen molar-refractivity contribution in [1.29, 1.82) is 0 Å². The first-order chi connectivity index (χ1) is 12.8. The molecule has 2 heterocycles. The third-order valence-corrected chi connectivity index (χ3v) is 5.11. The monoisotopic (exact) mass is 367 g/mol. The van der Waals surface area contributed by atoms with Crippen LogP contribution in [0.5, 0.6) is 0 Å². The summed E-state index contributed by atoms with van der Waals surface area (Å²) in [4.78, 5) is 17.2. The molecule has 0 radical (unpaired) electrons. The van der Waals surface area contributed by atoms with Gasteiger partial charge in [0.1, 0.15) is 0 Å². The largest absolute Gasteiger partial charge is 0.313 e. The Labute approximate surface area is 156 Å². The zero-order valence-corrected chi connectivity index (χ0v) is 15.1. The van der Waals surface area contributed by atoms with E-state index in [0.717, 1.165) is 42.1 Å². The van der Waals surface area contributed by atoms with Crippen molar-refractivity contribution in [2.45, 2.75) is 19.4 Å². The Bertz CT molecular complexity index is 832. The second kappa shape index (κ2) is 9.24. The van der Waals surface area contributed by atoms with E-state index in [1.807, 2.05) is 30.5 Å². The Morgan fingerprint density at radius 1 is 1.04 bits per heavy atom. The molecule has 1 aromatic carbocycles. The van der Waals surface area contributed by atoms with E-state index in [4.69, 9.17) is 5.21 Å². The minimum absolute atomic E-state index is 0.452. The van der Waals surface area contributed by atoms with Crippen LogP contribution in [0.15, 0.2) is 60.8 Å². The van der Waals surface area contributed by atoms with Crippen molar-refractivity contribution in [2.24, 2.45) is 0 Å². The van der Waals surface area contributed by atoms with Gasteiger partial charge in [-0.3, -0.25) is 15.0 Å². The fraction of sp³-hybridized carbons (Fsp3) is 0.200. The molecule has 0 atom stereocenters. The number of hydroxylamine groups is 1. The molecule has 0 bridgehead atoms. The van der Waals surface area contributed by atoms with Crippen molar-refractivity contribution in [2.75, 3.05) is 6.54 Å². The lowest BCUT2D eigenvalue weighted by Gasteiger charge is -2.06. The number of hydrogen-bond donors (Lipinski definition) is 3. The summed E-state index contributed by atoms with van der Waals surface area (Å²) >= 11 is 1.30. The highest BCUT2D eigenvalue weighted by Crippen LogP contribution is 2.26. The summed E-state index contributed by atoms with van der Waals surface area (Å²) < 4.78 is 0. The first-order valence-electron chi connectivity index (χ1n) is 8.50. The molecule has 6 heteroatoms. The highest BCUT2D eigenvalue weighted by atomic mass is 32.1. The summed E-state index contributed by atoms with van der Waals surface area (Å²) in [5.41, 5.74) is 4.95. The van der Waals surface area contributed by atoms with Crippen LogP contribution in [0.4, 0.5) is 0 Å². The molecule has 3 rings (SSSR count). The number of hydrogen-bond acceptors (Lipinski definition) is 5. The number of benzene rings is 1. The number of nitrogens with zero attached hydrogens (tertiary/aromatic N) is 1. The quantitative estimate of drug-likeness (QED) is 0.323. The van der Waals surface area contributed by atoms with E-state index >= 15 is 0 Å². The standard InChI is InChI=1S/C20H21N3O2S/c24-20(23-25)19-11-10-18(26-19)17-9-8-16(14-22-17)13-21-12-4-7-15-5-2-1-3-6-15/h1-3,5-6,8-11,14,21,25H,4,7,12-13H2,(H,23,24). The van der Waals surface area contributed by atoms with Gasteiger partial charge < -0.3 is 5.32 Å². The number of aryl methyl sites for hydroxylation is 1. The molecule has 3 N–H and O–H groups in total. The summed E-state index contributed by atoms with van der Waals surface area (Å²) in [6.45, 7) is 1.74. The number of pyridine rings is 1. The van der Waals surface area contributed by atoms with E-state index in [-0.39, 0.29) is 0 Å². The second-order valence-electron chi connectivity index (χ2n) is 5.92. The van der Waals surface area contributed by atoms with Gasteiger partial charge in [0.25, 0.3) is 5.91 Å². The van der Waals surface area contributed by atoms with E-state index in [2.05, 4.69) is 34.6 Å². The molecule has 1 amide bonds. The van der Waals surface area contributed by atoms with E-state index < -0.39 is 5.91 Å². The molecule has 0 saturated carbocycles. The van der Waals surface area contributed by atoms with Gasteiger partial charge in [0.15, 0.2) is 0 Å². The number of carbonyl (C=O) groups is 1. The van der Waals surface area contributed by atoms with Crippen molar-refractivity contribution >= 4 is 17.2 Å². The average Bonchev–Trinajstić information content (AvgIpc) is 3.19. The predicted octanol–water partition coefficient (Wildman–Crippen LogP) is 3.65. The molecular weight excluding hydrogens is 346 g/mol. The topological polar surface area (TPSA) is 74.2 Å². The first-order valence-corrected chi connectivity index (χ1v) is 9.32. The maximum Gasteiger partial charge on any atom is 0.284 e. The minimum Gasteiger partial charge on any atom is -0.313 e. The first kappa shape index (κ1) is 18.3. The van der Waals surface area contributed by atoms with Gasteiger partial charge in [-0.05, 0) is 48.7 Å². The minimum atomic E-state index is -0.502. The van der Waals surface area contributed by atoms with Crippen molar-refractivity contribution < 1.29 is 10.0 Å². The average molecular weight is 367 g/mol. The summed E-state index contributed by atoms with van der Waals surface area (Å²) in [6.07, 6.45) is 4.03. The van der Waals surface area contributed by atoms with Crippen LogP contribution in [0.3, 0.4) is 0 Å². The summed E-state index contributed by atoms with van der Waals surface area (Å²) in [5, 5.41) is 12.1. The lowest BCUT2D eigenvalue weighted by molar-refractivity contribution is 0.0711. The van der Waals surface area contributed by atoms with Crippen LogP contribution >= 0.6 is 11.3 Å². The summed E-state index contributed by atoms with van der Waals surface area (Å²) in [7, 11) is 0. The van der Waals surface area contributed by atoms with Gasteiger partial charge in [0.2, 0.25) is 0 Å². The summed E-state index contributed by atoms with van der Waals surface area (Å²) in [6, 6.07) is 18.0. The molecular formula is C20H21N3O2S. The van der Waals surface area contributed by atoms with Crippen molar-refractivity contribution in [3.05, 3.63) is 76.8 Å². The Kier molecular flexibility index (Phi) is 6.49. The Balaban J connectivity index is 1.45. The molecule has 0 fully saturated rings. The lowest BCUT2D eigenvalue weighted by Crippen LogP contribution is -2.16. The number of aromatic nitrogens is 1. The maximum atomic E-state index is 11.4. The molecule has 0 spiro atoms. The third kappa shape index (κ3) is 4.98. The fourth-order valence-corrected chi connectivity index (χ4v) is 3.50. The molecule has 0 aliphatic carbocycles. The molecule has 0 saturated heterocycles. The van der Waals surface area contributed by atoms with E-state index in [1.165, 1.54) is 16.9 Å². The maximum absolute atomic E-state index is 11.4. The Morgan fingerprint density at radius 3 is 2.62 bits per heavy atom. The van der Waals surface area contributed by atoms with Gasteiger partial charge in [-0.1, -0.05) is 36.4 Å². The molecule has 2 aromatic heterocycles.